The van der Waals surface area contributed by atoms with Gasteiger partial charge in [0.2, 0.25) is 5.91 Å². The minimum atomic E-state index is -0.208. The Morgan fingerprint density at radius 3 is 2.68 bits per heavy atom. The van der Waals surface area contributed by atoms with Crippen LogP contribution in [-0.4, -0.2) is 51.4 Å². The first-order valence-corrected chi connectivity index (χ1v) is 10.0. The van der Waals surface area contributed by atoms with Crippen molar-refractivity contribution in [3.8, 4) is 0 Å². The molecule has 1 atom stereocenters. The zero-order valence-corrected chi connectivity index (χ0v) is 16.7. The van der Waals surface area contributed by atoms with Crippen LogP contribution in [0.1, 0.15) is 37.9 Å². The molecule has 1 aliphatic heterocycles. The van der Waals surface area contributed by atoms with Gasteiger partial charge in [-0.15, -0.1) is 0 Å². The quantitative estimate of drug-likeness (QED) is 0.767. The molecule has 0 bridgehead atoms. The van der Waals surface area contributed by atoms with Gasteiger partial charge in [0.15, 0.2) is 0 Å². The first kappa shape index (κ1) is 20.4. The number of carbonyl (C=O) groups is 1. The fourth-order valence-corrected chi connectivity index (χ4v) is 3.79. The topological polar surface area (TPSA) is 49.3 Å². The summed E-state index contributed by atoms with van der Waals surface area (Å²) in [5.74, 6) is 0.397. The van der Waals surface area contributed by atoms with E-state index in [2.05, 4.69) is 28.7 Å². The van der Waals surface area contributed by atoms with E-state index >= 15 is 0 Å². The maximum Gasteiger partial charge on any atom is 0.223 e. The number of hydrogen-bond acceptors (Lipinski definition) is 4. The Morgan fingerprint density at radius 2 is 2.00 bits per heavy atom. The van der Waals surface area contributed by atoms with Crippen molar-refractivity contribution in [2.24, 2.45) is 5.92 Å². The molecule has 0 aliphatic carbocycles. The molecule has 1 unspecified atom stereocenters. The molecule has 28 heavy (non-hydrogen) atoms. The van der Waals surface area contributed by atoms with Gasteiger partial charge in [-0.1, -0.05) is 26.0 Å². The van der Waals surface area contributed by atoms with Crippen molar-refractivity contribution in [1.82, 2.24) is 19.8 Å². The molecule has 1 aromatic carbocycles. The highest BCUT2D eigenvalue weighted by molar-refractivity contribution is 5.76. The molecule has 1 amide bonds. The molecular weight excluding hydrogens is 355 g/mol. The summed E-state index contributed by atoms with van der Waals surface area (Å²) in [4.78, 5) is 25.6. The van der Waals surface area contributed by atoms with Crippen LogP contribution in [0.15, 0.2) is 42.9 Å². The van der Waals surface area contributed by atoms with Crippen LogP contribution >= 0.6 is 0 Å². The SMILES string of the molecule is CC(C)C1CN(C(=O)CCc2cnccn2)CCCN1Cc1ccc(F)cc1. The highest BCUT2D eigenvalue weighted by Crippen LogP contribution is 2.21. The first-order valence-electron chi connectivity index (χ1n) is 10.0. The average molecular weight is 384 g/mol. The maximum atomic E-state index is 13.2. The Balaban J connectivity index is 1.62. The molecule has 150 valence electrons. The van der Waals surface area contributed by atoms with Crippen molar-refractivity contribution < 1.29 is 9.18 Å². The van der Waals surface area contributed by atoms with Crippen LogP contribution in [0.3, 0.4) is 0 Å². The molecular formula is C22H29FN4O. The van der Waals surface area contributed by atoms with E-state index in [1.165, 1.54) is 12.1 Å². The van der Waals surface area contributed by atoms with Gasteiger partial charge in [0.1, 0.15) is 5.82 Å². The second-order valence-electron chi connectivity index (χ2n) is 7.80. The van der Waals surface area contributed by atoms with Gasteiger partial charge in [-0.2, -0.15) is 0 Å². The fourth-order valence-electron chi connectivity index (χ4n) is 3.79. The maximum absolute atomic E-state index is 13.2. The van der Waals surface area contributed by atoms with Crippen LogP contribution in [0, 0.1) is 11.7 Å². The van der Waals surface area contributed by atoms with Crippen molar-refractivity contribution in [2.45, 2.75) is 45.7 Å². The molecule has 2 heterocycles. The Morgan fingerprint density at radius 1 is 1.21 bits per heavy atom. The van der Waals surface area contributed by atoms with Gasteiger partial charge in [0, 0.05) is 57.2 Å². The van der Waals surface area contributed by atoms with Crippen molar-refractivity contribution in [2.75, 3.05) is 19.6 Å². The smallest absolute Gasteiger partial charge is 0.223 e. The second-order valence-corrected chi connectivity index (χ2v) is 7.80. The van der Waals surface area contributed by atoms with Gasteiger partial charge in [-0.3, -0.25) is 19.7 Å². The van der Waals surface area contributed by atoms with Crippen molar-refractivity contribution in [3.05, 3.63) is 59.9 Å². The lowest BCUT2D eigenvalue weighted by Gasteiger charge is -2.34. The van der Waals surface area contributed by atoms with E-state index in [1.54, 1.807) is 18.6 Å². The van der Waals surface area contributed by atoms with Crippen LogP contribution in [-0.2, 0) is 17.8 Å². The van der Waals surface area contributed by atoms with E-state index < -0.39 is 0 Å². The Hall–Kier alpha value is -2.34. The van der Waals surface area contributed by atoms with Gasteiger partial charge in [-0.05, 0) is 36.5 Å². The van der Waals surface area contributed by atoms with Crippen LogP contribution in [0.2, 0.25) is 0 Å². The molecule has 1 aromatic heterocycles. The summed E-state index contributed by atoms with van der Waals surface area (Å²) in [6, 6.07) is 7.01. The minimum Gasteiger partial charge on any atom is -0.341 e. The normalized spacial score (nSPS) is 18.3. The van der Waals surface area contributed by atoms with E-state index in [1.807, 2.05) is 17.0 Å². The molecule has 5 nitrogen and oxygen atoms in total. The minimum absolute atomic E-state index is 0.180. The number of nitrogens with zero attached hydrogens (tertiary/aromatic N) is 4. The number of aryl methyl sites for hydroxylation is 1. The predicted molar refractivity (Wildman–Crippen MR) is 107 cm³/mol. The summed E-state index contributed by atoms with van der Waals surface area (Å²) in [6.45, 7) is 7.64. The second kappa shape index (κ2) is 9.73. The van der Waals surface area contributed by atoms with Gasteiger partial charge in [0.05, 0.1) is 5.69 Å². The number of benzene rings is 1. The van der Waals surface area contributed by atoms with E-state index in [0.29, 0.717) is 18.8 Å². The third-order valence-electron chi connectivity index (χ3n) is 5.38. The summed E-state index contributed by atoms with van der Waals surface area (Å²) < 4.78 is 13.2. The molecule has 0 radical (unpaired) electrons. The summed E-state index contributed by atoms with van der Waals surface area (Å²) in [7, 11) is 0. The molecule has 0 N–H and O–H groups in total. The monoisotopic (exact) mass is 384 g/mol. The largest absolute Gasteiger partial charge is 0.341 e. The molecule has 1 fully saturated rings. The average Bonchev–Trinajstić information content (AvgIpc) is 2.91. The Kier molecular flexibility index (Phi) is 7.09. The number of aromatic nitrogens is 2. The first-order chi connectivity index (χ1) is 13.5. The van der Waals surface area contributed by atoms with Gasteiger partial charge in [-0.25, -0.2) is 4.39 Å². The van der Waals surface area contributed by atoms with Crippen LogP contribution in [0.5, 0.6) is 0 Å². The third kappa shape index (κ3) is 5.58. The van der Waals surface area contributed by atoms with Crippen LogP contribution in [0.25, 0.3) is 0 Å². The van der Waals surface area contributed by atoms with Crippen molar-refractivity contribution in [1.29, 1.82) is 0 Å². The standard InChI is InChI=1S/C22H29FN4O/c1-17(2)21-16-27(22(28)9-8-20-14-24-10-11-25-20)13-3-12-26(21)15-18-4-6-19(23)7-5-18/h4-7,10-11,14,17,21H,3,8-9,12-13,15-16H2,1-2H3. The number of halogens is 1. The van der Waals surface area contributed by atoms with Gasteiger partial charge >= 0.3 is 0 Å². The van der Waals surface area contributed by atoms with Crippen molar-refractivity contribution >= 4 is 5.91 Å². The third-order valence-corrected chi connectivity index (χ3v) is 5.38. The highest BCUT2D eigenvalue weighted by Gasteiger charge is 2.29. The lowest BCUT2D eigenvalue weighted by atomic mass is 10.0. The number of rotatable bonds is 6. The molecule has 3 rings (SSSR count). The summed E-state index contributed by atoms with van der Waals surface area (Å²) in [5, 5.41) is 0. The van der Waals surface area contributed by atoms with E-state index in [0.717, 1.165) is 43.9 Å². The molecule has 2 aromatic rings. The van der Waals surface area contributed by atoms with Gasteiger partial charge in [0.25, 0.3) is 0 Å². The lowest BCUT2D eigenvalue weighted by Crippen LogP contribution is -2.45. The zero-order chi connectivity index (χ0) is 19.9. The number of amides is 1. The van der Waals surface area contributed by atoms with E-state index in [9.17, 15) is 9.18 Å². The summed E-state index contributed by atoms with van der Waals surface area (Å²) in [5.41, 5.74) is 1.96. The van der Waals surface area contributed by atoms with Crippen LogP contribution in [0.4, 0.5) is 4.39 Å². The summed E-state index contributed by atoms with van der Waals surface area (Å²) >= 11 is 0. The summed E-state index contributed by atoms with van der Waals surface area (Å²) in [6.07, 6.45) is 7.05. The highest BCUT2D eigenvalue weighted by atomic mass is 19.1. The molecule has 0 saturated carbocycles. The molecule has 0 spiro atoms. The van der Waals surface area contributed by atoms with Crippen LogP contribution < -0.4 is 0 Å². The van der Waals surface area contributed by atoms with E-state index in [4.69, 9.17) is 0 Å². The zero-order valence-electron chi connectivity index (χ0n) is 16.7. The molecule has 1 saturated heterocycles. The molecule has 1 aliphatic rings. The van der Waals surface area contributed by atoms with Gasteiger partial charge < -0.3 is 4.90 Å². The lowest BCUT2D eigenvalue weighted by molar-refractivity contribution is -0.131. The van der Waals surface area contributed by atoms with Crippen molar-refractivity contribution in [3.63, 3.8) is 0 Å². The Labute approximate surface area is 166 Å². The fraction of sp³-hybridized carbons (Fsp3) is 0.500. The Bertz CT molecular complexity index is 751. The van der Waals surface area contributed by atoms with E-state index in [-0.39, 0.29) is 17.8 Å². The number of hydrogen-bond donors (Lipinski definition) is 0. The predicted octanol–water partition coefficient (Wildman–Crippen LogP) is 3.31. The number of carbonyl (C=O) groups excluding carboxylic acids is 1. The molecule has 6 heteroatoms.